The van der Waals surface area contributed by atoms with Crippen LogP contribution in [0.2, 0.25) is 5.02 Å². The number of fused-ring (bicyclic) bond motifs is 1. The predicted molar refractivity (Wildman–Crippen MR) is 96.1 cm³/mol. The van der Waals surface area contributed by atoms with Gasteiger partial charge in [-0.1, -0.05) is 29.8 Å². The molecule has 1 aliphatic rings. The van der Waals surface area contributed by atoms with Gasteiger partial charge in [-0.15, -0.1) is 11.3 Å². The van der Waals surface area contributed by atoms with Crippen LogP contribution >= 0.6 is 22.9 Å². The molecule has 0 radical (unpaired) electrons. The molecule has 136 valence electrons. The molecule has 3 amide bonds. The number of carbonyl (C=O) groups is 4. The van der Waals surface area contributed by atoms with Crippen LogP contribution in [0.5, 0.6) is 0 Å². The van der Waals surface area contributed by atoms with E-state index in [1.807, 2.05) is 24.3 Å². The largest absolute Gasteiger partial charge is 0.454 e. The summed E-state index contributed by atoms with van der Waals surface area (Å²) in [5, 5.41) is 3.53. The van der Waals surface area contributed by atoms with Gasteiger partial charge in [0.2, 0.25) is 5.91 Å². The van der Waals surface area contributed by atoms with Crippen molar-refractivity contribution in [1.29, 1.82) is 0 Å². The van der Waals surface area contributed by atoms with Crippen molar-refractivity contribution in [3.05, 3.63) is 34.2 Å². The van der Waals surface area contributed by atoms with Crippen LogP contribution in [0.3, 0.4) is 0 Å². The van der Waals surface area contributed by atoms with E-state index in [9.17, 15) is 19.2 Å². The predicted octanol–water partition coefficient (Wildman–Crippen LogP) is 1.98. The normalized spacial score (nSPS) is 13.9. The zero-order valence-electron chi connectivity index (χ0n) is 13.6. The summed E-state index contributed by atoms with van der Waals surface area (Å²) in [5.74, 6) is -2.08. The van der Waals surface area contributed by atoms with E-state index in [4.69, 9.17) is 16.3 Å². The smallest absolute Gasteiger partial charge is 0.325 e. The SMILES string of the molecule is O=C(CNC(=O)c1sc2ccccc2c1Cl)OCC(=O)N1CCCC1=O. The van der Waals surface area contributed by atoms with E-state index in [-0.39, 0.29) is 5.91 Å². The second kappa shape index (κ2) is 7.84. The Morgan fingerprint density at radius 1 is 1.27 bits per heavy atom. The lowest BCUT2D eigenvalue weighted by molar-refractivity contribution is -0.154. The van der Waals surface area contributed by atoms with Crippen molar-refractivity contribution in [1.82, 2.24) is 10.2 Å². The fourth-order valence-corrected chi connectivity index (χ4v) is 4.01. The molecule has 1 fully saturated rings. The Bertz CT molecular complexity index is 894. The highest BCUT2D eigenvalue weighted by atomic mass is 35.5. The third-order valence-corrected chi connectivity index (χ3v) is 5.54. The highest BCUT2D eigenvalue weighted by Gasteiger charge is 2.27. The third-order valence-electron chi connectivity index (χ3n) is 3.87. The van der Waals surface area contributed by atoms with Crippen LogP contribution in [0.15, 0.2) is 24.3 Å². The Hall–Kier alpha value is -2.45. The average Bonchev–Trinajstić information content (AvgIpc) is 3.21. The molecular formula is C17H15ClN2O5S. The number of imide groups is 1. The summed E-state index contributed by atoms with van der Waals surface area (Å²) < 4.78 is 5.68. The number of hydrogen-bond acceptors (Lipinski definition) is 6. The quantitative estimate of drug-likeness (QED) is 0.783. The van der Waals surface area contributed by atoms with Crippen molar-refractivity contribution in [2.45, 2.75) is 12.8 Å². The molecule has 0 bridgehead atoms. The number of halogens is 1. The van der Waals surface area contributed by atoms with E-state index in [1.54, 1.807) is 0 Å². The van der Waals surface area contributed by atoms with Gasteiger partial charge in [0.1, 0.15) is 11.4 Å². The summed E-state index contributed by atoms with van der Waals surface area (Å²) in [7, 11) is 0. The Morgan fingerprint density at radius 2 is 2.04 bits per heavy atom. The number of rotatable bonds is 5. The number of nitrogens with one attached hydrogen (secondary N) is 1. The highest BCUT2D eigenvalue weighted by Crippen LogP contribution is 2.34. The van der Waals surface area contributed by atoms with Crippen molar-refractivity contribution >= 4 is 56.7 Å². The summed E-state index contributed by atoms with van der Waals surface area (Å²) in [4.78, 5) is 48.5. The van der Waals surface area contributed by atoms with Crippen molar-refractivity contribution in [2.24, 2.45) is 0 Å². The Morgan fingerprint density at radius 3 is 2.73 bits per heavy atom. The zero-order chi connectivity index (χ0) is 18.7. The lowest BCUT2D eigenvalue weighted by Gasteiger charge is -2.13. The van der Waals surface area contributed by atoms with Crippen LogP contribution in [0, 0.1) is 0 Å². The number of esters is 1. The summed E-state index contributed by atoms with van der Waals surface area (Å²) in [6.45, 7) is -0.578. The van der Waals surface area contributed by atoms with Crippen LogP contribution in [0.4, 0.5) is 0 Å². The topological polar surface area (TPSA) is 92.8 Å². The molecule has 0 spiro atoms. The van der Waals surface area contributed by atoms with Crippen molar-refractivity contribution in [3.63, 3.8) is 0 Å². The summed E-state index contributed by atoms with van der Waals surface area (Å²) in [6, 6.07) is 7.32. The molecule has 1 N–H and O–H groups in total. The first-order valence-electron chi connectivity index (χ1n) is 7.91. The molecule has 2 heterocycles. The number of thiophene rings is 1. The fourth-order valence-electron chi connectivity index (χ4n) is 2.58. The monoisotopic (exact) mass is 394 g/mol. The minimum atomic E-state index is -0.768. The van der Waals surface area contributed by atoms with Crippen LogP contribution in [-0.4, -0.2) is 48.3 Å². The minimum absolute atomic E-state index is 0.265. The van der Waals surface area contributed by atoms with Crippen LogP contribution in [0.25, 0.3) is 10.1 Å². The maximum absolute atomic E-state index is 12.2. The molecule has 0 atom stereocenters. The molecule has 0 unspecified atom stereocenters. The number of benzene rings is 1. The second-order valence-corrected chi connectivity index (χ2v) is 7.06. The lowest BCUT2D eigenvalue weighted by Crippen LogP contribution is -2.37. The van der Waals surface area contributed by atoms with Gasteiger partial charge in [-0.05, 0) is 12.5 Å². The number of ether oxygens (including phenoxy) is 1. The maximum Gasteiger partial charge on any atom is 0.325 e. The van der Waals surface area contributed by atoms with Gasteiger partial charge >= 0.3 is 5.97 Å². The molecule has 0 saturated carbocycles. The molecule has 26 heavy (non-hydrogen) atoms. The molecule has 1 aliphatic heterocycles. The number of amides is 3. The number of hydrogen-bond donors (Lipinski definition) is 1. The Balaban J connectivity index is 1.50. The second-order valence-electron chi connectivity index (χ2n) is 5.63. The van der Waals surface area contributed by atoms with Crippen molar-refractivity contribution < 1.29 is 23.9 Å². The van der Waals surface area contributed by atoms with E-state index >= 15 is 0 Å². The molecule has 3 rings (SSSR count). The van der Waals surface area contributed by atoms with Gasteiger partial charge in [-0.25, -0.2) is 0 Å². The fraction of sp³-hybridized carbons (Fsp3) is 0.294. The number of likely N-dealkylation sites (tertiary alicyclic amines) is 1. The van der Waals surface area contributed by atoms with E-state index in [0.717, 1.165) is 15.0 Å². The van der Waals surface area contributed by atoms with Gasteiger partial charge in [0.15, 0.2) is 6.61 Å². The molecule has 1 aromatic carbocycles. The molecule has 1 aromatic heterocycles. The van der Waals surface area contributed by atoms with E-state index in [1.165, 1.54) is 11.3 Å². The van der Waals surface area contributed by atoms with E-state index in [0.29, 0.717) is 29.3 Å². The summed E-state index contributed by atoms with van der Waals surface area (Å²) in [5.41, 5.74) is 0. The van der Waals surface area contributed by atoms with Crippen molar-refractivity contribution in [2.75, 3.05) is 19.7 Å². The van der Waals surface area contributed by atoms with Crippen LogP contribution < -0.4 is 5.32 Å². The summed E-state index contributed by atoms with van der Waals surface area (Å²) >= 11 is 7.43. The molecule has 2 aromatic rings. The van der Waals surface area contributed by atoms with Gasteiger partial charge in [0.05, 0.1) is 5.02 Å². The summed E-state index contributed by atoms with van der Waals surface area (Å²) in [6.07, 6.45) is 0.941. The van der Waals surface area contributed by atoms with Gasteiger partial charge < -0.3 is 10.1 Å². The first-order valence-corrected chi connectivity index (χ1v) is 9.11. The van der Waals surface area contributed by atoms with Gasteiger partial charge in [0.25, 0.3) is 11.8 Å². The zero-order valence-corrected chi connectivity index (χ0v) is 15.2. The number of nitrogens with zero attached hydrogens (tertiary/aromatic N) is 1. The van der Waals surface area contributed by atoms with E-state index in [2.05, 4.69) is 5.32 Å². The van der Waals surface area contributed by atoms with Crippen molar-refractivity contribution in [3.8, 4) is 0 Å². The molecule has 0 aliphatic carbocycles. The standard InChI is InChI=1S/C17H15ClN2O5S/c18-15-10-4-1-2-5-11(10)26-16(15)17(24)19-8-14(23)25-9-13(22)20-7-3-6-12(20)21/h1-2,4-5H,3,6-9H2,(H,19,24). The average molecular weight is 395 g/mol. The molecule has 1 saturated heterocycles. The molecule has 7 nitrogen and oxygen atoms in total. The van der Waals surface area contributed by atoms with Gasteiger partial charge in [-0.2, -0.15) is 0 Å². The van der Waals surface area contributed by atoms with Gasteiger partial charge in [0, 0.05) is 23.1 Å². The van der Waals surface area contributed by atoms with Gasteiger partial charge in [-0.3, -0.25) is 24.1 Å². The lowest BCUT2D eigenvalue weighted by atomic mass is 10.2. The van der Waals surface area contributed by atoms with E-state index < -0.39 is 30.9 Å². The van der Waals surface area contributed by atoms with Crippen LogP contribution in [-0.2, 0) is 19.1 Å². The Kier molecular flexibility index (Phi) is 5.53. The molecule has 9 heteroatoms. The first-order chi connectivity index (χ1) is 12.5. The minimum Gasteiger partial charge on any atom is -0.454 e. The van der Waals surface area contributed by atoms with Crippen LogP contribution in [0.1, 0.15) is 22.5 Å². The number of carbonyl (C=O) groups excluding carboxylic acids is 4. The first kappa shape index (κ1) is 18.3. The highest BCUT2D eigenvalue weighted by molar-refractivity contribution is 7.21. The maximum atomic E-state index is 12.2. The Labute approximate surface area is 157 Å². The molecular weight excluding hydrogens is 380 g/mol. The third kappa shape index (κ3) is 3.86.